The number of hydrogen-bond donors (Lipinski definition) is 1. The second-order valence-corrected chi connectivity index (χ2v) is 7.11. The van der Waals surface area contributed by atoms with Crippen molar-refractivity contribution >= 4 is 59.9 Å². The van der Waals surface area contributed by atoms with E-state index in [2.05, 4.69) is 88.2 Å². The molecule has 0 unspecified atom stereocenters. The van der Waals surface area contributed by atoms with Crippen molar-refractivity contribution in [2.45, 2.75) is 0 Å². The van der Waals surface area contributed by atoms with Gasteiger partial charge in [-0.15, -0.1) is 0 Å². The summed E-state index contributed by atoms with van der Waals surface area (Å²) in [7, 11) is 0. The second kappa shape index (κ2) is 4.17. The van der Waals surface area contributed by atoms with Gasteiger partial charge in [0.15, 0.2) is 0 Å². The molecule has 2 nitrogen and oxygen atoms in total. The number of H-pyrrole nitrogens is 1. The maximum Gasteiger partial charge on any atom is 0.0628 e. The Kier molecular flexibility index (Phi) is 2.05. The molecule has 0 fully saturated rings. The van der Waals surface area contributed by atoms with Crippen LogP contribution in [0.25, 0.3) is 59.9 Å². The molecule has 0 saturated carbocycles. The standard InChI is InChI=1S/C24H14N2/c1-4-10-18-15(8-1)22-19(25-18)13-17-14-7-2-5-11-20(14)26-21-12-6-3-9-16(21)23(22)24(17)26/h1-13,25H. The Balaban J connectivity index is 1.98. The Morgan fingerprint density at radius 1 is 0.538 bits per heavy atom. The fourth-order valence-electron chi connectivity index (χ4n) is 4.85. The fraction of sp³-hybridized carbons (Fsp3) is 0. The van der Waals surface area contributed by atoms with Gasteiger partial charge in [0.25, 0.3) is 0 Å². The van der Waals surface area contributed by atoms with Crippen LogP contribution in [-0.2, 0) is 0 Å². The number of rotatable bonds is 0. The summed E-state index contributed by atoms with van der Waals surface area (Å²) in [5.74, 6) is 0. The van der Waals surface area contributed by atoms with Gasteiger partial charge >= 0.3 is 0 Å². The van der Waals surface area contributed by atoms with Crippen molar-refractivity contribution in [1.29, 1.82) is 0 Å². The van der Waals surface area contributed by atoms with Crippen molar-refractivity contribution in [3.8, 4) is 0 Å². The molecule has 0 aliphatic rings. The van der Waals surface area contributed by atoms with Gasteiger partial charge in [-0.05, 0) is 24.3 Å². The van der Waals surface area contributed by atoms with E-state index >= 15 is 0 Å². The van der Waals surface area contributed by atoms with E-state index in [-0.39, 0.29) is 0 Å². The van der Waals surface area contributed by atoms with Crippen molar-refractivity contribution in [3.05, 3.63) is 78.9 Å². The smallest absolute Gasteiger partial charge is 0.0628 e. The number of fused-ring (bicyclic) bond motifs is 10. The number of hydrogen-bond acceptors (Lipinski definition) is 0. The molecule has 3 aromatic heterocycles. The van der Waals surface area contributed by atoms with Crippen LogP contribution >= 0.6 is 0 Å². The van der Waals surface area contributed by atoms with Crippen LogP contribution in [0.15, 0.2) is 78.9 Å². The largest absolute Gasteiger partial charge is 0.354 e. The highest BCUT2D eigenvalue weighted by molar-refractivity contribution is 6.35. The number of para-hydroxylation sites is 3. The summed E-state index contributed by atoms with van der Waals surface area (Å²) in [5.41, 5.74) is 6.32. The van der Waals surface area contributed by atoms with Crippen LogP contribution in [0.4, 0.5) is 0 Å². The van der Waals surface area contributed by atoms with E-state index in [4.69, 9.17) is 0 Å². The zero-order valence-corrected chi connectivity index (χ0v) is 14.0. The molecule has 0 bridgehead atoms. The first-order valence-electron chi connectivity index (χ1n) is 8.98. The van der Waals surface area contributed by atoms with Crippen molar-refractivity contribution < 1.29 is 0 Å². The highest BCUT2D eigenvalue weighted by atomic mass is 14.9. The molecule has 0 radical (unpaired) electrons. The number of nitrogens with zero attached hydrogens (tertiary/aromatic N) is 1. The minimum atomic E-state index is 1.20. The van der Waals surface area contributed by atoms with Crippen molar-refractivity contribution in [2.24, 2.45) is 0 Å². The third-order valence-electron chi connectivity index (χ3n) is 5.84. The lowest BCUT2D eigenvalue weighted by Gasteiger charge is -1.99. The van der Waals surface area contributed by atoms with Crippen LogP contribution < -0.4 is 0 Å². The molecule has 26 heavy (non-hydrogen) atoms. The molecule has 2 heteroatoms. The Bertz CT molecular complexity index is 1620. The van der Waals surface area contributed by atoms with Gasteiger partial charge < -0.3 is 9.38 Å². The molecule has 4 aromatic carbocycles. The Labute approximate surface area is 148 Å². The van der Waals surface area contributed by atoms with Crippen LogP contribution in [0.2, 0.25) is 0 Å². The predicted molar refractivity (Wildman–Crippen MR) is 110 cm³/mol. The molecule has 0 spiro atoms. The molecular weight excluding hydrogens is 316 g/mol. The monoisotopic (exact) mass is 330 g/mol. The molecule has 0 aliphatic carbocycles. The predicted octanol–water partition coefficient (Wildman–Crippen LogP) is 6.47. The van der Waals surface area contributed by atoms with Gasteiger partial charge in [0.2, 0.25) is 0 Å². The summed E-state index contributed by atoms with van der Waals surface area (Å²) < 4.78 is 2.44. The zero-order chi connectivity index (χ0) is 16.8. The van der Waals surface area contributed by atoms with Gasteiger partial charge in [0, 0.05) is 43.4 Å². The Morgan fingerprint density at radius 2 is 1.19 bits per heavy atom. The molecule has 1 N–H and O–H groups in total. The molecule has 7 aromatic rings. The lowest BCUT2D eigenvalue weighted by Crippen LogP contribution is -1.78. The second-order valence-electron chi connectivity index (χ2n) is 7.11. The fourth-order valence-corrected chi connectivity index (χ4v) is 4.85. The molecule has 120 valence electrons. The maximum absolute atomic E-state index is 3.64. The Morgan fingerprint density at radius 3 is 2.04 bits per heavy atom. The highest BCUT2D eigenvalue weighted by Gasteiger charge is 2.21. The van der Waals surface area contributed by atoms with Crippen LogP contribution in [0.1, 0.15) is 0 Å². The highest BCUT2D eigenvalue weighted by Crippen LogP contribution is 2.44. The summed E-state index contributed by atoms with van der Waals surface area (Å²) in [6.07, 6.45) is 0. The number of nitrogens with one attached hydrogen (secondary N) is 1. The van der Waals surface area contributed by atoms with E-state index in [1.807, 2.05) is 0 Å². The molecule has 0 amide bonds. The van der Waals surface area contributed by atoms with E-state index in [1.54, 1.807) is 0 Å². The molecule has 7 rings (SSSR count). The number of aromatic nitrogens is 2. The van der Waals surface area contributed by atoms with E-state index in [1.165, 1.54) is 59.9 Å². The van der Waals surface area contributed by atoms with Crippen LogP contribution in [-0.4, -0.2) is 9.38 Å². The molecule has 0 saturated heterocycles. The first kappa shape index (κ1) is 12.8. The van der Waals surface area contributed by atoms with Crippen LogP contribution in [0.3, 0.4) is 0 Å². The first-order valence-corrected chi connectivity index (χ1v) is 8.98. The van der Waals surface area contributed by atoms with E-state index in [0.717, 1.165) is 0 Å². The minimum absolute atomic E-state index is 1.20. The summed E-state index contributed by atoms with van der Waals surface area (Å²) in [6, 6.07) is 28.5. The maximum atomic E-state index is 3.64. The topological polar surface area (TPSA) is 20.2 Å². The summed E-state index contributed by atoms with van der Waals surface area (Å²) in [5, 5.41) is 7.97. The normalized spacial score (nSPS) is 12.6. The van der Waals surface area contributed by atoms with Gasteiger partial charge in [-0.3, -0.25) is 0 Å². The molecule has 0 aliphatic heterocycles. The van der Waals surface area contributed by atoms with E-state index in [0.29, 0.717) is 0 Å². The number of benzene rings is 4. The van der Waals surface area contributed by atoms with Crippen molar-refractivity contribution in [3.63, 3.8) is 0 Å². The van der Waals surface area contributed by atoms with Crippen LogP contribution in [0.5, 0.6) is 0 Å². The van der Waals surface area contributed by atoms with E-state index in [9.17, 15) is 0 Å². The molecule has 3 heterocycles. The minimum Gasteiger partial charge on any atom is -0.354 e. The Hall–Kier alpha value is -3.52. The lowest BCUT2D eigenvalue weighted by molar-refractivity contribution is 1.37. The summed E-state index contributed by atoms with van der Waals surface area (Å²) >= 11 is 0. The molecule has 0 atom stereocenters. The van der Waals surface area contributed by atoms with Crippen molar-refractivity contribution in [2.75, 3.05) is 0 Å². The molecular formula is C24H14N2. The van der Waals surface area contributed by atoms with Gasteiger partial charge in [-0.25, -0.2) is 0 Å². The van der Waals surface area contributed by atoms with Gasteiger partial charge in [0.1, 0.15) is 0 Å². The van der Waals surface area contributed by atoms with Crippen molar-refractivity contribution in [1.82, 2.24) is 9.38 Å². The third kappa shape index (κ3) is 1.29. The average Bonchev–Trinajstić information content (AvgIpc) is 3.33. The average molecular weight is 330 g/mol. The third-order valence-corrected chi connectivity index (χ3v) is 5.84. The van der Waals surface area contributed by atoms with Gasteiger partial charge in [0.05, 0.1) is 16.6 Å². The van der Waals surface area contributed by atoms with Gasteiger partial charge in [-0.2, -0.15) is 0 Å². The van der Waals surface area contributed by atoms with E-state index < -0.39 is 0 Å². The summed E-state index contributed by atoms with van der Waals surface area (Å²) in [4.78, 5) is 3.64. The number of aromatic amines is 1. The van der Waals surface area contributed by atoms with Gasteiger partial charge in [-0.1, -0.05) is 54.6 Å². The zero-order valence-electron chi connectivity index (χ0n) is 14.0. The lowest BCUT2D eigenvalue weighted by atomic mass is 10.0. The van der Waals surface area contributed by atoms with Crippen LogP contribution in [0, 0.1) is 0 Å². The summed E-state index contributed by atoms with van der Waals surface area (Å²) in [6.45, 7) is 0. The SMILES string of the molecule is c1ccc2c(c1)[nH]c1cc3c4ccccc4n4c5ccccc5c(c12)c34. The first-order chi connectivity index (χ1) is 12.9. The quantitative estimate of drug-likeness (QED) is 0.329.